The van der Waals surface area contributed by atoms with Crippen LogP contribution in [0.1, 0.15) is 31.7 Å². The average molecular weight is 1070 g/mol. The summed E-state index contributed by atoms with van der Waals surface area (Å²) in [6.07, 6.45) is 9.95. The second-order valence-electron chi connectivity index (χ2n) is 16.8. The topological polar surface area (TPSA) is 315 Å². The zero-order chi connectivity index (χ0) is 52.7. The average Bonchev–Trinajstić information content (AvgIpc) is 4.15. The highest BCUT2D eigenvalue weighted by Gasteiger charge is 2.25. The third-order valence-electron chi connectivity index (χ3n) is 11.9. The summed E-state index contributed by atoms with van der Waals surface area (Å²) in [7, 11) is -7.41. The lowest BCUT2D eigenvalue weighted by Gasteiger charge is -2.25. The molecule has 4 aromatic carbocycles. The lowest BCUT2D eigenvalue weighted by molar-refractivity contribution is 0.0710. The van der Waals surface area contributed by atoms with Crippen LogP contribution < -0.4 is 26.6 Å². The third kappa shape index (κ3) is 11.9. The van der Waals surface area contributed by atoms with Crippen molar-refractivity contribution in [3.05, 3.63) is 133 Å². The lowest BCUT2D eigenvalue weighted by atomic mass is 10.1. The van der Waals surface area contributed by atoms with E-state index >= 15 is 0 Å². The van der Waals surface area contributed by atoms with Crippen molar-refractivity contribution in [2.75, 3.05) is 42.8 Å². The Balaban J connectivity index is 0.000000156. The van der Waals surface area contributed by atoms with E-state index in [0.717, 1.165) is 61.0 Å². The Kier molecular flexibility index (Phi) is 15.2. The van der Waals surface area contributed by atoms with E-state index in [1.54, 1.807) is 76.6 Å². The van der Waals surface area contributed by atoms with Gasteiger partial charge in [-0.25, -0.2) is 61.7 Å². The highest BCUT2D eigenvalue weighted by atomic mass is 32.2. The van der Waals surface area contributed by atoms with E-state index < -0.39 is 20.0 Å². The molecule has 0 unspecified atom stereocenters. The van der Waals surface area contributed by atoms with Crippen molar-refractivity contribution in [1.82, 2.24) is 48.6 Å². The maximum atomic E-state index is 11.6. The number of isothiocyanates is 1. The molecule has 0 atom stereocenters. The Morgan fingerprint density at radius 2 is 1.21 bits per heavy atom. The molecule has 2 aliphatic heterocycles. The maximum Gasteiger partial charge on any atom is 0.238 e. The van der Waals surface area contributed by atoms with Gasteiger partial charge in [0.25, 0.3) is 0 Å². The fourth-order valence-corrected chi connectivity index (χ4v) is 9.23. The zero-order valence-electron chi connectivity index (χ0n) is 39.4. The van der Waals surface area contributed by atoms with Gasteiger partial charge in [0.1, 0.15) is 18.2 Å². The molecule has 380 valence electrons. The Hall–Kier alpha value is -8.63. The number of nitrogens with two attached hydrogens (primary N) is 3. The molecule has 0 bridgehead atoms. The van der Waals surface area contributed by atoms with Gasteiger partial charge in [-0.3, -0.25) is 13.7 Å². The van der Waals surface area contributed by atoms with Gasteiger partial charge in [-0.1, -0.05) is 12.1 Å². The molecule has 75 heavy (non-hydrogen) atoms. The van der Waals surface area contributed by atoms with E-state index in [-0.39, 0.29) is 21.9 Å². The number of imidazole rings is 3. The first kappa shape index (κ1) is 51.3. The molecule has 0 amide bonds. The van der Waals surface area contributed by atoms with Gasteiger partial charge < -0.3 is 25.8 Å². The third-order valence-corrected chi connectivity index (χ3v) is 13.8. The number of hydrogen-bond donors (Lipinski definition) is 5. The molecule has 0 saturated carbocycles. The minimum Gasteiger partial charge on any atom is -0.394 e. The zero-order valence-corrected chi connectivity index (χ0v) is 41.9. The Morgan fingerprint density at radius 1 is 0.680 bits per heavy atom. The molecule has 5 aromatic heterocycles. The molecule has 24 nitrogen and oxygen atoms in total. The first-order valence-corrected chi connectivity index (χ1v) is 26.3. The van der Waals surface area contributed by atoms with E-state index in [2.05, 4.69) is 67.6 Å². The highest BCUT2D eigenvalue weighted by molar-refractivity contribution is 7.89. The number of fused-ring (bicyclic) bond motifs is 3. The summed E-state index contributed by atoms with van der Waals surface area (Å²) in [6, 6.07) is 22.9. The number of aromatic nitrogens is 10. The van der Waals surface area contributed by atoms with Crippen LogP contribution in [-0.2, 0) is 29.5 Å². The monoisotopic (exact) mass is 1060 g/mol. The summed E-state index contributed by atoms with van der Waals surface area (Å²) in [5, 5.41) is 19.0. The predicted molar refractivity (Wildman–Crippen MR) is 284 cm³/mol. The molecule has 11 rings (SSSR count). The summed E-state index contributed by atoms with van der Waals surface area (Å²) < 4.78 is 61.4. The molecule has 27 heteroatoms. The molecule has 0 spiro atoms. The number of primary sulfonamides is 2. The molecule has 2 saturated heterocycles. The first-order chi connectivity index (χ1) is 36.2. The van der Waals surface area contributed by atoms with Gasteiger partial charge in [-0.2, -0.15) is 15.0 Å². The second kappa shape index (κ2) is 22.2. The largest absolute Gasteiger partial charge is 0.394 e. The van der Waals surface area contributed by atoms with Crippen LogP contribution in [0.2, 0.25) is 0 Å². The van der Waals surface area contributed by atoms with Gasteiger partial charge in [-0.05, 0) is 111 Å². The lowest BCUT2D eigenvalue weighted by Crippen LogP contribution is -2.28. The Labute approximate surface area is 434 Å². The summed E-state index contributed by atoms with van der Waals surface area (Å²) >= 11 is 4.38. The molecule has 0 aliphatic carbocycles. The predicted octanol–water partition coefficient (Wildman–Crippen LogP) is 7.07. The first-order valence-electron chi connectivity index (χ1n) is 22.8. The standard InChI is InChI=1S/C24H21N9O3S.C17H17N7O.C7H6N2O2S2/c1-26-16-4-7-19-21(12-16)32(14-28-19)23-27-13-20-22(31-23)33(17-8-10-36-11-9-17)24(30-20)29-15-2-5-18(6-3-15)37(25,34)35;1-19-12-2-3-14-15(8-12)24(10-21-14)17-20-9-13(18)16(23-17)22-11-4-6-25-7-5-11;8-13(10,11)7-3-1-6(2-4-7)9-5-12/h2-7,12-14,17H,8-11H2,(H,29,30)(H2,25,34,35);2-3,8-11H,4-7,18H2,(H,20,22,23);1-4H,(H2,8,10,11). The molecule has 9 aromatic rings. The van der Waals surface area contributed by atoms with E-state index in [1.807, 2.05) is 10.6 Å². The smallest absolute Gasteiger partial charge is 0.238 e. The summed E-state index contributed by atoms with van der Waals surface area (Å²) in [4.78, 5) is 42.5. The fourth-order valence-electron chi connectivity index (χ4n) is 8.09. The molecule has 8 N–H and O–H groups in total. The molecule has 7 heterocycles. The van der Waals surface area contributed by atoms with Crippen molar-refractivity contribution in [1.29, 1.82) is 0 Å². The van der Waals surface area contributed by atoms with Crippen LogP contribution in [0, 0.1) is 13.1 Å². The van der Waals surface area contributed by atoms with Gasteiger partial charge in [0, 0.05) is 44.2 Å². The number of nitrogen functional groups attached to an aromatic ring is 1. The number of ether oxygens (including phenoxy) is 2. The molecule has 0 radical (unpaired) electrons. The number of sulfonamides is 2. The van der Waals surface area contributed by atoms with Gasteiger partial charge >= 0.3 is 0 Å². The van der Waals surface area contributed by atoms with Crippen LogP contribution in [0.15, 0.2) is 125 Å². The van der Waals surface area contributed by atoms with Crippen LogP contribution in [0.25, 0.3) is 54.8 Å². The minimum absolute atomic E-state index is 0.0282. The quantitative estimate of drug-likeness (QED) is 0.0519. The van der Waals surface area contributed by atoms with E-state index in [1.165, 1.54) is 36.4 Å². The van der Waals surface area contributed by atoms with E-state index in [4.69, 9.17) is 48.6 Å². The SMILES string of the molecule is NS(=O)(=O)c1ccc(N=C=S)cc1.[C-]#[N+]c1ccc2ncn(-c3ncc(N)c(NC4CCOCC4)n3)c2c1.[C-]#[N+]c1ccc2ncn(-c3ncc4nc(Nc5ccc(S(N)(=O)=O)cc5)n(C5CCOCC5)c4n3)c2c1. The maximum absolute atomic E-state index is 11.6. The summed E-state index contributed by atoms with van der Waals surface area (Å²) in [6.45, 7) is 17.2. The van der Waals surface area contributed by atoms with Crippen LogP contribution in [-0.4, -0.2) is 103 Å². The normalized spacial score (nSPS) is 14.1. The van der Waals surface area contributed by atoms with Crippen LogP contribution in [0.3, 0.4) is 0 Å². The van der Waals surface area contributed by atoms with Gasteiger partial charge in [0.15, 0.2) is 22.8 Å². The van der Waals surface area contributed by atoms with Crippen molar-refractivity contribution in [3.63, 3.8) is 0 Å². The number of rotatable bonds is 10. The Morgan fingerprint density at radius 3 is 1.76 bits per heavy atom. The number of nitrogens with one attached hydrogen (secondary N) is 2. The van der Waals surface area contributed by atoms with E-state index in [0.29, 0.717) is 76.5 Å². The van der Waals surface area contributed by atoms with Gasteiger partial charge in [0.2, 0.25) is 37.9 Å². The van der Waals surface area contributed by atoms with E-state index in [9.17, 15) is 16.8 Å². The van der Waals surface area contributed by atoms with Crippen molar-refractivity contribution in [3.8, 4) is 11.9 Å². The number of anilines is 4. The molecular weight excluding hydrogens is 1020 g/mol. The van der Waals surface area contributed by atoms with Crippen LogP contribution in [0.5, 0.6) is 0 Å². The van der Waals surface area contributed by atoms with Crippen molar-refractivity contribution < 1.29 is 26.3 Å². The fraction of sp³-hybridized carbons (Fsp3) is 0.208. The van der Waals surface area contributed by atoms with Crippen LogP contribution in [0.4, 0.5) is 40.2 Å². The highest BCUT2D eigenvalue weighted by Crippen LogP contribution is 2.33. The number of aliphatic imine (C=N–C) groups is 1. The summed E-state index contributed by atoms with van der Waals surface area (Å²) in [5.41, 5.74) is 13.1. The number of thiocarbonyl (C=S) groups is 1. The number of hydrogen-bond acceptors (Lipinski definition) is 18. The molecular formula is C48H44N18O6S3. The molecule has 2 aliphatic rings. The van der Waals surface area contributed by atoms with Gasteiger partial charge in [0.05, 0.1) is 73.9 Å². The number of nitrogens with zero attached hydrogens (tertiary/aromatic N) is 13. The second-order valence-corrected chi connectivity index (χ2v) is 20.1. The van der Waals surface area contributed by atoms with Crippen molar-refractivity contribution >= 4 is 111 Å². The van der Waals surface area contributed by atoms with Crippen molar-refractivity contribution in [2.24, 2.45) is 15.3 Å². The van der Waals surface area contributed by atoms with Gasteiger partial charge in [-0.15, -0.1) is 0 Å². The molecule has 2 fully saturated rings. The number of benzene rings is 4. The summed E-state index contributed by atoms with van der Waals surface area (Å²) in [5.74, 6) is 2.05. The minimum atomic E-state index is -3.79. The van der Waals surface area contributed by atoms with Crippen LogP contribution >= 0.6 is 12.2 Å². The van der Waals surface area contributed by atoms with Crippen molar-refractivity contribution in [2.45, 2.75) is 47.6 Å². The Bertz CT molecular complexity index is 3930.